The molecule has 4 nitrogen and oxygen atoms in total. The number of fused-ring (bicyclic) bond motifs is 1. The van der Waals surface area contributed by atoms with Crippen molar-refractivity contribution in [2.45, 2.75) is 6.04 Å². The van der Waals surface area contributed by atoms with Crippen LogP contribution in [-0.4, -0.2) is 47.4 Å². The lowest BCUT2D eigenvalue weighted by molar-refractivity contribution is 0.0493. The number of hydrogen-bond acceptors (Lipinski definition) is 2. The van der Waals surface area contributed by atoms with E-state index in [9.17, 15) is 13.6 Å². The van der Waals surface area contributed by atoms with Crippen LogP contribution < -0.4 is 0 Å². The number of rotatable bonds is 3. The van der Waals surface area contributed by atoms with Gasteiger partial charge in [0, 0.05) is 31.3 Å². The number of hydrogen-bond donors (Lipinski definition) is 1. The Morgan fingerprint density at radius 1 is 0.938 bits per heavy atom. The predicted molar refractivity (Wildman–Crippen MR) is 121 cm³/mol. The van der Waals surface area contributed by atoms with Crippen molar-refractivity contribution in [1.29, 1.82) is 0 Å². The number of benzene rings is 3. The van der Waals surface area contributed by atoms with Gasteiger partial charge in [0.1, 0.15) is 11.6 Å². The zero-order valence-electron chi connectivity index (χ0n) is 17.7. The van der Waals surface area contributed by atoms with Gasteiger partial charge >= 0.3 is 0 Å². The minimum atomic E-state index is -0.543. The van der Waals surface area contributed by atoms with Gasteiger partial charge in [-0.1, -0.05) is 24.3 Å². The maximum atomic E-state index is 14.8. The summed E-state index contributed by atoms with van der Waals surface area (Å²) < 4.78 is 28.3. The number of aromatic amines is 1. The molecule has 0 aliphatic carbocycles. The van der Waals surface area contributed by atoms with Crippen LogP contribution in [0.15, 0.2) is 72.9 Å². The van der Waals surface area contributed by atoms with E-state index in [0.29, 0.717) is 19.6 Å². The van der Waals surface area contributed by atoms with Gasteiger partial charge in [-0.25, -0.2) is 8.78 Å². The first kappa shape index (κ1) is 20.4. The molecule has 1 amide bonds. The molecule has 5 rings (SSSR count). The fourth-order valence-corrected chi connectivity index (χ4v) is 4.39. The molecule has 1 N–H and O–H groups in total. The van der Waals surface area contributed by atoms with Crippen LogP contribution in [0, 0.1) is 11.6 Å². The molecule has 0 spiro atoms. The molecular formula is C26H23F2N3O. The lowest BCUT2D eigenvalue weighted by atomic mass is 9.98. The highest BCUT2D eigenvalue weighted by Gasteiger charge is 2.32. The predicted octanol–water partition coefficient (Wildman–Crippen LogP) is 5.24. The number of nitrogens with zero attached hydrogens (tertiary/aromatic N) is 2. The van der Waals surface area contributed by atoms with Gasteiger partial charge in [0.05, 0.1) is 11.6 Å². The third-order valence-electron chi connectivity index (χ3n) is 6.18. The van der Waals surface area contributed by atoms with E-state index in [1.807, 2.05) is 37.5 Å². The maximum Gasteiger partial charge on any atom is 0.257 e. The monoisotopic (exact) mass is 431 g/mol. The standard InChI is InChI=1S/C26H23F2N3O/c1-30-12-13-31(25(16-30)17-2-6-21(27)7-3-17)26(32)22-15-19(4-8-23(22)28)18-5-9-24-20(14-18)10-11-29-24/h2-11,14-15,25,29H,12-13,16H2,1H3/t25-/m1/s1. The van der Waals surface area contributed by atoms with Gasteiger partial charge in [0.2, 0.25) is 0 Å². The zero-order chi connectivity index (χ0) is 22.2. The molecular weight excluding hydrogens is 408 g/mol. The SMILES string of the molecule is CN1CCN(C(=O)c2cc(-c3ccc4[nH]ccc4c3)ccc2F)[C@@H](c2ccc(F)cc2)C1. The number of amides is 1. The van der Waals surface area contributed by atoms with Crippen LogP contribution in [0.4, 0.5) is 8.78 Å². The number of H-pyrrole nitrogens is 1. The van der Waals surface area contributed by atoms with Crippen molar-refractivity contribution in [1.82, 2.24) is 14.8 Å². The van der Waals surface area contributed by atoms with Crippen molar-refractivity contribution in [3.8, 4) is 11.1 Å². The molecule has 0 saturated carbocycles. The smallest absolute Gasteiger partial charge is 0.257 e. The zero-order valence-corrected chi connectivity index (χ0v) is 17.7. The van der Waals surface area contributed by atoms with Crippen LogP contribution >= 0.6 is 0 Å². The molecule has 32 heavy (non-hydrogen) atoms. The first-order chi connectivity index (χ1) is 15.5. The molecule has 2 heterocycles. The van der Waals surface area contributed by atoms with Crippen LogP contribution in [-0.2, 0) is 0 Å². The Morgan fingerprint density at radius 2 is 1.69 bits per heavy atom. The van der Waals surface area contributed by atoms with E-state index in [1.165, 1.54) is 18.2 Å². The van der Waals surface area contributed by atoms with E-state index in [0.717, 1.165) is 27.6 Å². The Labute approximate surface area is 185 Å². The molecule has 1 saturated heterocycles. The highest BCUT2D eigenvalue weighted by atomic mass is 19.1. The normalized spacial score (nSPS) is 17.1. The Balaban J connectivity index is 1.50. The van der Waals surface area contributed by atoms with E-state index in [1.54, 1.807) is 29.2 Å². The maximum absolute atomic E-state index is 14.8. The van der Waals surface area contributed by atoms with E-state index in [4.69, 9.17) is 0 Å². The van der Waals surface area contributed by atoms with Gasteiger partial charge in [-0.3, -0.25) is 4.79 Å². The topological polar surface area (TPSA) is 39.3 Å². The number of nitrogens with one attached hydrogen (secondary N) is 1. The second kappa shape index (κ2) is 8.20. The molecule has 3 aromatic carbocycles. The fraction of sp³-hybridized carbons (Fsp3) is 0.192. The van der Waals surface area contributed by atoms with Gasteiger partial charge in [-0.05, 0) is 71.6 Å². The third kappa shape index (κ3) is 3.78. The molecule has 0 unspecified atom stereocenters. The van der Waals surface area contributed by atoms with Gasteiger partial charge in [0.15, 0.2) is 0 Å². The second-order valence-corrected chi connectivity index (χ2v) is 8.30. The molecule has 1 aliphatic rings. The molecule has 6 heteroatoms. The Hall–Kier alpha value is -3.51. The van der Waals surface area contributed by atoms with Gasteiger partial charge in [0.25, 0.3) is 5.91 Å². The third-order valence-corrected chi connectivity index (χ3v) is 6.18. The minimum Gasteiger partial charge on any atom is -0.361 e. The van der Waals surface area contributed by atoms with Crippen molar-refractivity contribution in [2.75, 3.05) is 26.7 Å². The van der Waals surface area contributed by atoms with Crippen LogP contribution in [0.2, 0.25) is 0 Å². The largest absolute Gasteiger partial charge is 0.361 e. The summed E-state index contributed by atoms with van der Waals surface area (Å²) in [5.74, 6) is -1.22. The van der Waals surface area contributed by atoms with E-state index >= 15 is 0 Å². The summed E-state index contributed by atoms with van der Waals surface area (Å²) in [6.45, 7) is 1.76. The Morgan fingerprint density at radius 3 is 2.50 bits per heavy atom. The van der Waals surface area contributed by atoms with Crippen LogP contribution in [0.1, 0.15) is 22.0 Å². The number of halogens is 2. The van der Waals surface area contributed by atoms with Gasteiger partial charge in [-0.2, -0.15) is 0 Å². The van der Waals surface area contributed by atoms with Crippen molar-refractivity contribution in [3.63, 3.8) is 0 Å². The molecule has 1 fully saturated rings. The molecule has 1 aromatic heterocycles. The molecule has 1 atom stereocenters. The summed E-state index contributed by atoms with van der Waals surface area (Å²) in [7, 11) is 1.98. The highest BCUT2D eigenvalue weighted by molar-refractivity contribution is 5.96. The van der Waals surface area contributed by atoms with Gasteiger partial charge < -0.3 is 14.8 Å². The Bertz CT molecular complexity index is 1280. The molecule has 4 aromatic rings. The van der Waals surface area contributed by atoms with Gasteiger partial charge in [-0.15, -0.1) is 0 Å². The van der Waals surface area contributed by atoms with Crippen molar-refractivity contribution < 1.29 is 13.6 Å². The van der Waals surface area contributed by atoms with Crippen LogP contribution in [0.25, 0.3) is 22.0 Å². The number of carbonyl (C=O) groups excluding carboxylic acids is 1. The van der Waals surface area contributed by atoms with Crippen LogP contribution in [0.5, 0.6) is 0 Å². The molecule has 1 aliphatic heterocycles. The fourth-order valence-electron chi connectivity index (χ4n) is 4.39. The van der Waals surface area contributed by atoms with Crippen molar-refractivity contribution >= 4 is 16.8 Å². The van der Waals surface area contributed by atoms with E-state index in [-0.39, 0.29) is 23.3 Å². The average molecular weight is 431 g/mol. The van der Waals surface area contributed by atoms with E-state index in [2.05, 4.69) is 9.88 Å². The summed E-state index contributed by atoms with van der Waals surface area (Å²) in [4.78, 5) is 20.5. The molecule has 0 radical (unpaired) electrons. The first-order valence-corrected chi connectivity index (χ1v) is 10.6. The molecule has 0 bridgehead atoms. The summed E-state index contributed by atoms with van der Waals surface area (Å²) in [5, 5.41) is 1.05. The summed E-state index contributed by atoms with van der Waals surface area (Å²) in [6, 6.07) is 18.5. The van der Waals surface area contributed by atoms with E-state index < -0.39 is 5.82 Å². The quantitative estimate of drug-likeness (QED) is 0.482. The second-order valence-electron chi connectivity index (χ2n) is 8.30. The Kier molecular flexibility index (Phi) is 5.23. The van der Waals surface area contributed by atoms with Crippen LogP contribution in [0.3, 0.4) is 0 Å². The lowest BCUT2D eigenvalue weighted by Crippen LogP contribution is -2.49. The summed E-state index contributed by atoms with van der Waals surface area (Å²) in [5.41, 5.74) is 3.60. The summed E-state index contributed by atoms with van der Waals surface area (Å²) in [6.07, 6.45) is 1.87. The van der Waals surface area contributed by atoms with Crippen molar-refractivity contribution in [2.24, 2.45) is 0 Å². The number of carbonyl (C=O) groups is 1. The number of aromatic nitrogens is 1. The van der Waals surface area contributed by atoms with Crippen molar-refractivity contribution in [3.05, 3.63) is 95.7 Å². The lowest BCUT2D eigenvalue weighted by Gasteiger charge is -2.40. The first-order valence-electron chi connectivity index (χ1n) is 10.6. The minimum absolute atomic E-state index is 0.0494. The number of likely N-dealkylation sites (N-methyl/N-ethyl adjacent to an activating group) is 1. The highest BCUT2D eigenvalue weighted by Crippen LogP contribution is 2.30. The molecule has 162 valence electrons. The summed E-state index contributed by atoms with van der Waals surface area (Å²) >= 11 is 0. The number of piperazine rings is 1. The average Bonchev–Trinajstić information content (AvgIpc) is 3.27.